The van der Waals surface area contributed by atoms with Crippen LogP contribution in [0, 0.1) is 5.82 Å². The van der Waals surface area contributed by atoms with Crippen LogP contribution in [0.3, 0.4) is 0 Å². The number of carbonyl (C=O) groups is 2. The number of nitrogens with one attached hydrogen (secondary N) is 1. The molecule has 1 amide bonds. The third kappa shape index (κ3) is 3.64. The van der Waals surface area contributed by atoms with Gasteiger partial charge in [-0.25, -0.2) is 4.39 Å². The van der Waals surface area contributed by atoms with Gasteiger partial charge in [0, 0.05) is 12.8 Å². The molecule has 0 aliphatic rings. The van der Waals surface area contributed by atoms with Crippen molar-refractivity contribution in [3.05, 3.63) is 34.6 Å². The number of amides is 1. The quantitative estimate of drug-likeness (QED) is 0.691. The average molecular weight is 323 g/mol. The van der Waals surface area contributed by atoms with Crippen molar-refractivity contribution in [3.8, 4) is 5.75 Å². The zero-order valence-electron chi connectivity index (χ0n) is 12.2. The van der Waals surface area contributed by atoms with Crippen LogP contribution in [0.1, 0.15) is 42.1 Å². The van der Waals surface area contributed by atoms with Crippen molar-refractivity contribution in [1.29, 1.82) is 0 Å². The van der Waals surface area contributed by atoms with E-state index in [9.17, 15) is 14.0 Å². The van der Waals surface area contributed by atoms with E-state index in [0.717, 1.165) is 18.0 Å². The Morgan fingerprint density at radius 3 is 2.64 bits per heavy atom. The highest BCUT2D eigenvalue weighted by Gasteiger charge is 2.19. The molecule has 0 saturated carbocycles. The Hall–Kier alpha value is -2.35. The molecule has 0 saturated heterocycles. The van der Waals surface area contributed by atoms with Gasteiger partial charge in [-0.1, -0.05) is 31.3 Å². The van der Waals surface area contributed by atoms with E-state index in [0.29, 0.717) is 5.13 Å². The summed E-state index contributed by atoms with van der Waals surface area (Å²) in [5, 5.41) is 11.4. The van der Waals surface area contributed by atoms with E-state index in [1.165, 1.54) is 23.5 Å². The molecule has 2 aromatic rings. The van der Waals surface area contributed by atoms with Gasteiger partial charge in [-0.05, 0) is 12.1 Å². The Morgan fingerprint density at radius 2 is 2.05 bits per heavy atom. The van der Waals surface area contributed by atoms with Gasteiger partial charge in [-0.3, -0.25) is 14.9 Å². The van der Waals surface area contributed by atoms with Crippen LogP contribution in [0.4, 0.5) is 9.52 Å². The first-order chi connectivity index (χ1) is 10.4. The molecule has 1 heterocycles. The Kier molecular flexibility index (Phi) is 4.81. The largest absolute Gasteiger partial charge is 0.423 e. The second-order valence-electron chi connectivity index (χ2n) is 4.76. The van der Waals surface area contributed by atoms with Crippen LogP contribution in [-0.2, 0) is 4.79 Å². The normalized spacial score (nSPS) is 10.6. The number of rotatable bonds is 4. The molecule has 0 bridgehead atoms. The lowest BCUT2D eigenvalue weighted by atomic mass is 10.2. The van der Waals surface area contributed by atoms with Crippen molar-refractivity contribution in [2.24, 2.45) is 0 Å². The fourth-order valence-electron chi connectivity index (χ4n) is 1.62. The lowest BCUT2D eigenvalue weighted by Crippen LogP contribution is -2.15. The molecule has 116 valence electrons. The minimum Gasteiger partial charge on any atom is -0.423 e. The first-order valence-electron chi connectivity index (χ1n) is 6.50. The van der Waals surface area contributed by atoms with Gasteiger partial charge >= 0.3 is 5.97 Å². The van der Waals surface area contributed by atoms with E-state index in [2.05, 4.69) is 15.5 Å². The number of nitrogens with zero attached hydrogens (tertiary/aromatic N) is 2. The molecular weight excluding hydrogens is 309 g/mol. The molecule has 2 rings (SSSR count). The van der Waals surface area contributed by atoms with Crippen molar-refractivity contribution < 1.29 is 18.7 Å². The zero-order chi connectivity index (χ0) is 16.3. The van der Waals surface area contributed by atoms with E-state index in [-0.39, 0.29) is 11.5 Å². The summed E-state index contributed by atoms with van der Waals surface area (Å²) in [4.78, 5) is 23.3. The third-order valence-corrected chi connectivity index (χ3v) is 3.75. The standard InChI is InChI=1S/C14H14FN3O3S/c1-7(2)13-17-18-14(22-13)16-12(20)9-5-4-6-10(15)11(9)21-8(3)19/h4-7H,1-3H3,(H,16,18,20). The molecule has 6 nitrogen and oxygen atoms in total. The summed E-state index contributed by atoms with van der Waals surface area (Å²) in [5.41, 5.74) is -0.0866. The molecule has 0 unspecified atom stereocenters. The molecular formula is C14H14FN3O3S. The zero-order valence-corrected chi connectivity index (χ0v) is 13.0. The van der Waals surface area contributed by atoms with Crippen molar-refractivity contribution in [1.82, 2.24) is 10.2 Å². The van der Waals surface area contributed by atoms with Gasteiger partial charge in [-0.2, -0.15) is 0 Å². The van der Waals surface area contributed by atoms with Crippen LogP contribution in [0.15, 0.2) is 18.2 Å². The Morgan fingerprint density at radius 1 is 1.32 bits per heavy atom. The number of ether oxygens (including phenoxy) is 1. The minimum atomic E-state index is -0.789. The van der Waals surface area contributed by atoms with Crippen molar-refractivity contribution in [2.45, 2.75) is 26.7 Å². The summed E-state index contributed by atoms with van der Waals surface area (Å²) in [7, 11) is 0. The Balaban J connectivity index is 2.25. The van der Waals surface area contributed by atoms with Crippen LogP contribution in [0.5, 0.6) is 5.75 Å². The summed E-state index contributed by atoms with van der Waals surface area (Å²) < 4.78 is 18.5. The topological polar surface area (TPSA) is 81.2 Å². The number of carbonyl (C=O) groups excluding carboxylic acids is 2. The summed E-state index contributed by atoms with van der Waals surface area (Å²) in [6, 6.07) is 3.83. The van der Waals surface area contributed by atoms with Crippen molar-refractivity contribution in [3.63, 3.8) is 0 Å². The second-order valence-corrected chi connectivity index (χ2v) is 5.77. The number of anilines is 1. The monoisotopic (exact) mass is 323 g/mol. The first kappa shape index (κ1) is 16.0. The third-order valence-electron chi connectivity index (χ3n) is 2.61. The van der Waals surface area contributed by atoms with Gasteiger partial charge in [0.05, 0.1) is 5.56 Å². The van der Waals surface area contributed by atoms with Gasteiger partial charge in [0.1, 0.15) is 5.01 Å². The van der Waals surface area contributed by atoms with E-state index in [1.807, 2.05) is 13.8 Å². The molecule has 1 aromatic carbocycles. The fraction of sp³-hybridized carbons (Fsp3) is 0.286. The summed E-state index contributed by atoms with van der Waals surface area (Å²) >= 11 is 1.23. The SMILES string of the molecule is CC(=O)Oc1c(F)cccc1C(=O)Nc1nnc(C(C)C)s1. The fourth-order valence-corrected chi connectivity index (χ4v) is 2.36. The number of halogens is 1. The van der Waals surface area contributed by atoms with Gasteiger partial charge in [-0.15, -0.1) is 10.2 Å². The highest BCUT2D eigenvalue weighted by Crippen LogP contribution is 2.26. The summed E-state index contributed by atoms with van der Waals surface area (Å²) in [6.45, 7) is 5.04. The lowest BCUT2D eigenvalue weighted by molar-refractivity contribution is -0.132. The smallest absolute Gasteiger partial charge is 0.308 e. The predicted molar refractivity (Wildman–Crippen MR) is 79.7 cm³/mol. The first-order valence-corrected chi connectivity index (χ1v) is 7.31. The van der Waals surface area contributed by atoms with Gasteiger partial charge in [0.25, 0.3) is 5.91 Å². The Bertz CT molecular complexity index is 715. The summed E-state index contributed by atoms with van der Waals surface area (Å²) in [6.07, 6.45) is 0. The molecule has 0 spiro atoms. The highest BCUT2D eigenvalue weighted by molar-refractivity contribution is 7.15. The second kappa shape index (κ2) is 6.61. The van der Waals surface area contributed by atoms with Crippen LogP contribution in [0.2, 0.25) is 0 Å². The number of esters is 1. The summed E-state index contributed by atoms with van der Waals surface area (Å²) in [5.74, 6) is -2.34. The predicted octanol–water partition coefficient (Wildman–Crippen LogP) is 2.98. The molecule has 8 heteroatoms. The van der Waals surface area contributed by atoms with E-state index in [4.69, 9.17) is 4.74 Å². The highest BCUT2D eigenvalue weighted by atomic mass is 32.1. The van der Waals surface area contributed by atoms with Crippen molar-refractivity contribution >= 4 is 28.3 Å². The number of hydrogen-bond acceptors (Lipinski definition) is 6. The lowest BCUT2D eigenvalue weighted by Gasteiger charge is -2.08. The van der Waals surface area contributed by atoms with E-state index in [1.54, 1.807) is 0 Å². The maximum Gasteiger partial charge on any atom is 0.308 e. The molecule has 0 radical (unpaired) electrons. The number of para-hydroxylation sites is 1. The number of aromatic nitrogens is 2. The van der Waals surface area contributed by atoms with Crippen LogP contribution in [-0.4, -0.2) is 22.1 Å². The van der Waals surface area contributed by atoms with Crippen molar-refractivity contribution in [2.75, 3.05) is 5.32 Å². The van der Waals surface area contributed by atoms with Gasteiger partial charge in [0.2, 0.25) is 5.13 Å². The van der Waals surface area contributed by atoms with Gasteiger partial charge in [0.15, 0.2) is 11.6 Å². The molecule has 1 N–H and O–H groups in total. The van der Waals surface area contributed by atoms with Crippen LogP contribution < -0.4 is 10.1 Å². The van der Waals surface area contributed by atoms with Crippen LogP contribution in [0.25, 0.3) is 0 Å². The van der Waals surface area contributed by atoms with E-state index >= 15 is 0 Å². The molecule has 0 aliphatic carbocycles. The average Bonchev–Trinajstić information content (AvgIpc) is 2.89. The molecule has 0 aliphatic heterocycles. The van der Waals surface area contributed by atoms with Crippen LogP contribution >= 0.6 is 11.3 Å². The molecule has 22 heavy (non-hydrogen) atoms. The molecule has 0 fully saturated rings. The minimum absolute atomic E-state index is 0.0866. The van der Waals surface area contributed by atoms with E-state index < -0.39 is 23.4 Å². The van der Waals surface area contributed by atoms with Gasteiger partial charge < -0.3 is 4.74 Å². The molecule has 1 aromatic heterocycles. The number of benzene rings is 1. The Labute approximate surface area is 130 Å². The molecule has 0 atom stereocenters. The maximum absolute atomic E-state index is 13.7. The maximum atomic E-state index is 13.7. The number of hydrogen-bond donors (Lipinski definition) is 1.